The Balaban J connectivity index is 2.23. The second-order valence-corrected chi connectivity index (χ2v) is 6.14. The molecule has 0 aliphatic rings. The number of anilines is 1. The van der Waals surface area contributed by atoms with Gasteiger partial charge in [0.15, 0.2) is 0 Å². The molecule has 0 spiro atoms. The summed E-state index contributed by atoms with van der Waals surface area (Å²) < 4.78 is 2.03. The molecule has 2 nitrogen and oxygen atoms in total. The Hall–Kier alpha value is -1.10. The number of rotatable bonds is 1. The zero-order valence-electron chi connectivity index (χ0n) is 9.15. The molecular formula is C13H8BrClN2S. The van der Waals surface area contributed by atoms with Crippen molar-refractivity contribution in [3.63, 3.8) is 0 Å². The molecule has 90 valence electrons. The second-order valence-electron chi connectivity index (χ2n) is 3.84. The fourth-order valence-electron chi connectivity index (χ4n) is 1.73. The van der Waals surface area contributed by atoms with Gasteiger partial charge in [0.05, 0.1) is 9.72 Å². The lowest BCUT2D eigenvalue weighted by Gasteiger charge is -2.01. The monoisotopic (exact) mass is 338 g/mol. The molecule has 0 fully saturated rings. The van der Waals surface area contributed by atoms with Gasteiger partial charge in [0.2, 0.25) is 0 Å². The fourth-order valence-corrected chi connectivity index (χ4v) is 3.76. The Morgan fingerprint density at radius 1 is 1.22 bits per heavy atom. The summed E-state index contributed by atoms with van der Waals surface area (Å²) in [6, 6.07) is 11.5. The molecule has 1 heterocycles. The highest BCUT2D eigenvalue weighted by atomic mass is 79.9. The predicted octanol–water partition coefficient (Wildman–Crippen LogP) is 4.96. The van der Waals surface area contributed by atoms with E-state index in [-0.39, 0.29) is 0 Å². The van der Waals surface area contributed by atoms with E-state index in [1.54, 1.807) is 11.3 Å². The molecule has 2 N–H and O–H groups in total. The van der Waals surface area contributed by atoms with Crippen molar-refractivity contribution in [2.24, 2.45) is 0 Å². The van der Waals surface area contributed by atoms with Crippen LogP contribution in [0.4, 0.5) is 5.69 Å². The molecule has 2 aromatic carbocycles. The summed E-state index contributed by atoms with van der Waals surface area (Å²) >= 11 is 11.3. The van der Waals surface area contributed by atoms with Gasteiger partial charge in [0, 0.05) is 15.7 Å². The normalized spacial score (nSPS) is 11.0. The van der Waals surface area contributed by atoms with Crippen LogP contribution in [0.3, 0.4) is 0 Å². The van der Waals surface area contributed by atoms with Gasteiger partial charge in [-0.2, -0.15) is 0 Å². The minimum Gasteiger partial charge on any atom is -0.399 e. The van der Waals surface area contributed by atoms with E-state index in [1.807, 2.05) is 36.4 Å². The van der Waals surface area contributed by atoms with Crippen molar-refractivity contribution >= 4 is 54.8 Å². The molecule has 0 amide bonds. The number of halogens is 2. The van der Waals surface area contributed by atoms with Crippen molar-refractivity contribution in [2.45, 2.75) is 0 Å². The summed E-state index contributed by atoms with van der Waals surface area (Å²) in [4.78, 5) is 4.59. The molecule has 0 aliphatic carbocycles. The molecule has 0 aliphatic heterocycles. The first kappa shape index (κ1) is 12.0. The highest BCUT2D eigenvalue weighted by Crippen LogP contribution is 2.37. The van der Waals surface area contributed by atoms with Crippen LogP contribution in [0.5, 0.6) is 0 Å². The summed E-state index contributed by atoms with van der Waals surface area (Å²) in [6.07, 6.45) is 0. The number of hydrogen-bond donors (Lipinski definition) is 1. The summed E-state index contributed by atoms with van der Waals surface area (Å²) in [7, 11) is 0. The lowest BCUT2D eigenvalue weighted by Crippen LogP contribution is -1.85. The topological polar surface area (TPSA) is 38.9 Å². The molecule has 0 bridgehead atoms. The van der Waals surface area contributed by atoms with Crippen molar-refractivity contribution in [3.8, 4) is 10.6 Å². The van der Waals surface area contributed by atoms with Gasteiger partial charge < -0.3 is 5.73 Å². The third-order valence-electron chi connectivity index (χ3n) is 2.59. The van der Waals surface area contributed by atoms with Crippen LogP contribution < -0.4 is 5.73 Å². The fraction of sp³-hybridized carbons (Fsp3) is 0. The summed E-state index contributed by atoms with van der Waals surface area (Å²) in [5.74, 6) is 0. The molecule has 0 radical (unpaired) electrons. The highest BCUT2D eigenvalue weighted by molar-refractivity contribution is 9.10. The molecule has 18 heavy (non-hydrogen) atoms. The van der Waals surface area contributed by atoms with Crippen molar-refractivity contribution in [3.05, 3.63) is 45.9 Å². The van der Waals surface area contributed by atoms with Crippen molar-refractivity contribution < 1.29 is 0 Å². The minimum atomic E-state index is 0.682. The molecule has 3 aromatic rings. The Labute approximate surface area is 122 Å². The van der Waals surface area contributed by atoms with Crippen LogP contribution >= 0.6 is 38.9 Å². The SMILES string of the molecule is Nc1ccc(-c2nc3c(Cl)cccc3s2)c(Br)c1. The molecule has 0 saturated carbocycles. The number of fused-ring (bicyclic) bond motifs is 1. The van der Waals surface area contributed by atoms with Crippen LogP contribution in [-0.4, -0.2) is 4.98 Å². The Bertz CT molecular complexity index is 739. The first-order valence-electron chi connectivity index (χ1n) is 5.25. The van der Waals surface area contributed by atoms with Gasteiger partial charge in [-0.3, -0.25) is 0 Å². The number of nitrogens with zero attached hydrogens (tertiary/aromatic N) is 1. The van der Waals surface area contributed by atoms with Gasteiger partial charge in [-0.1, -0.05) is 17.7 Å². The molecule has 0 atom stereocenters. The van der Waals surface area contributed by atoms with E-state index in [9.17, 15) is 0 Å². The largest absolute Gasteiger partial charge is 0.399 e. The van der Waals surface area contributed by atoms with Crippen molar-refractivity contribution in [2.75, 3.05) is 5.73 Å². The highest BCUT2D eigenvalue weighted by Gasteiger charge is 2.11. The Morgan fingerprint density at radius 3 is 2.78 bits per heavy atom. The number of nitrogen functional groups attached to an aromatic ring is 1. The Morgan fingerprint density at radius 2 is 2.06 bits per heavy atom. The lowest BCUT2D eigenvalue weighted by molar-refractivity contribution is 1.46. The van der Waals surface area contributed by atoms with Crippen LogP contribution in [-0.2, 0) is 0 Å². The van der Waals surface area contributed by atoms with Crippen molar-refractivity contribution in [1.29, 1.82) is 0 Å². The summed E-state index contributed by atoms with van der Waals surface area (Å²) in [6.45, 7) is 0. The molecule has 0 saturated heterocycles. The van der Waals surface area contributed by atoms with E-state index >= 15 is 0 Å². The van der Waals surface area contributed by atoms with E-state index in [0.717, 1.165) is 30.9 Å². The van der Waals surface area contributed by atoms with Crippen LogP contribution in [0.1, 0.15) is 0 Å². The minimum absolute atomic E-state index is 0.682. The Kier molecular flexibility index (Phi) is 3.01. The van der Waals surface area contributed by atoms with Crippen LogP contribution in [0, 0.1) is 0 Å². The number of nitrogens with two attached hydrogens (primary N) is 1. The van der Waals surface area contributed by atoms with Gasteiger partial charge in [-0.25, -0.2) is 4.98 Å². The molecule has 0 unspecified atom stereocenters. The zero-order chi connectivity index (χ0) is 12.7. The number of para-hydroxylation sites is 1. The van der Waals surface area contributed by atoms with E-state index in [2.05, 4.69) is 20.9 Å². The van der Waals surface area contributed by atoms with Crippen molar-refractivity contribution in [1.82, 2.24) is 4.98 Å². The van der Waals surface area contributed by atoms with E-state index in [1.165, 1.54) is 0 Å². The quantitative estimate of drug-likeness (QED) is 0.636. The average Bonchev–Trinajstić information content (AvgIpc) is 2.74. The van der Waals surface area contributed by atoms with Gasteiger partial charge in [-0.05, 0) is 46.3 Å². The van der Waals surface area contributed by atoms with Crippen LogP contribution in [0.15, 0.2) is 40.9 Å². The zero-order valence-corrected chi connectivity index (χ0v) is 12.3. The molecular weight excluding hydrogens is 332 g/mol. The number of benzene rings is 2. The third-order valence-corrected chi connectivity index (χ3v) is 4.61. The summed E-state index contributed by atoms with van der Waals surface area (Å²) in [5.41, 5.74) is 8.34. The maximum absolute atomic E-state index is 6.14. The smallest absolute Gasteiger partial charge is 0.125 e. The standard InChI is InChI=1S/C13H8BrClN2S/c14-9-6-7(16)4-5-8(9)13-17-12-10(15)2-1-3-11(12)18-13/h1-6H,16H2. The maximum atomic E-state index is 6.14. The predicted molar refractivity (Wildman–Crippen MR) is 82.2 cm³/mol. The maximum Gasteiger partial charge on any atom is 0.125 e. The van der Waals surface area contributed by atoms with E-state index in [4.69, 9.17) is 17.3 Å². The van der Waals surface area contributed by atoms with E-state index in [0.29, 0.717) is 5.02 Å². The van der Waals surface area contributed by atoms with Crippen LogP contribution in [0.25, 0.3) is 20.8 Å². The van der Waals surface area contributed by atoms with Gasteiger partial charge in [-0.15, -0.1) is 11.3 Å². The van der Waals surface area contributed by atoms with Gasteiger partial charge >= 0.3 is 0 Å². The molecule has 5 heteroatoms. The number of thiazole rings is 1. The number of hydrogen-bond acceptors (Lipinski definition) is 3. The second kappa shape index (κ2) is 4.53. The number of aromatic nitrogens is 1. The lowest BCUT2D eigenvalue weighted by atomic mass is 10.2. The first-order valence-corrected chi connectivity index (χ1v) is 7.24. The van der Waals surface area contributed by atoms with E-state index < -0.39 is 0 Å². The molecule has 1 aromatic heterocycles. The molecule has 3 rings (SSSR count). The van der Waals surface area contributed by atoms with Gasteiger partial charge in [0.25, 0.3) is 0 Å². The third kappa shape index (κ3) is 2.00. The summed E-state index contributed by atoms with van der Waals surface area (Å²) in [5, 5.41) is 1.62. The average molecular weight is 340 g/mol. The van der Waals surface area contributed by atoms with Gasteiger partial charge in [0.1, 0.15) is 10.5 Å². The first-order chi connectivity index (χ1) is 8.65. The van der Waals surface area contributed by atoms with Crippen LogP contribution in [0.2, 0.25) is 5.02 Å².